The summed E-state index contributed by atoms with van der Waals surface area (Å²) in [5.41, 5.74) is 2.05. The Kier molecular flexibility index (Phi) is 8.13. The van der Waals surface area contributed by atoms with Gasteiger partial charge in [0, 0.05) is 10.7 Å². The highest BCUT2D eigenvalue weighted by Crippen LogP contribution is 2.37. The number of methoxy groups -OCH3 is 1. The van der Waals surface area contributed by atoms with Gasteiger partial charge in [0.05, 0.1) is 17.3 Å². The lowest BCUT2D eigenvalue weighted by Crippen LogP contribution is -2.54. The number of hydrogen-bond donors (Lipinski definition) is 2. The maximum atomic E-state index is 13.1. The van der Waals surface area contributed by atoms with E-state index in [-0.39, 0.29) is 35.3 Å². The summed E-state index contributed by atoms with van der Waals surface area (Å²) in [6.45, 7) is 1.66. The van der Waals surface area contributed by atoms with Gasteiger partial charge in [-0.15, -0.1) is 0 Å². The van der Waals surface area contributed by atoms with E-state index in [1.807, 2.05) is 19.1 Å². The molecule has 0 radical (unpaired) electrons. The fourth-order valence-corrected chi connectivity index (χ4v) is 4.37. The molecule has 2 N–H and O–H groups in total. The van der Waals surface area contributed by atoms with E-state index in [4.69, 9.17) is 21.1 Å². The first kappa shape index (κ1) is 26.9. The van der Waals surface area contributed by atoms with Gasteiger partial charge in [0.25, 0.3) is 17.7 Å². The Morgan fingerprint density at radius 3 is 2.53 bits per heavy atom. The molecule has 0 aliphatic carbocycles. The summed E-state index contributed by atoms with van der Waals surface area (Å²) in [7, 11) is 1.41. The van der Waals surface area contributed by atoms with Gasteiger partial charge in [0.1, 0.15) is 5.57 Å². The summed E-state index contributed by atoms with van der Waals surface area (Å²) in [5, 5.41) is 5.23. The molecule has 194 valence electrons. The van der Waals surface area contributed by atoms with Crippen LogP contribution in [0.3, 0.4) is 0 Å². The molecule has 4 rings (SSSR count). The average molecular weight is 599 g/mol. The molecule has 0 spiro atoms. The predicted octanol–water partition coefficient (Wildman–Crippen LogP) is 5.10. The van der Waals surface area contributed by atoms with Gasteiger partial charge >= 0.3 is 6.03 Å². The van der Waals surface area contributed by atoms with Crippen LogP contribution in [0.1, 0.15) is 11.1 Å². The number of nitrogens with one attached hydrogen (secondary N) is 2. The zero-order valence-corrected chi connectivity index (χ0v) is 22.6. The predicted molar refractivity (Wildman–Crippen MR) is 146 cm³/mol. The number of urea groups is 1. The van der Waals surface area contributed by atoms with Crippen LogP contribution in [0.15, 0.2) is 70.7 Å². The molecule has 38 heavy (non-hydrogen) atoms. The number of imide groups is 2. The van der Waals surface area contributed by atoms with Crippen LogP contribution in [-0.4, -0.2) is 37.5 Å². The average Bonchev–Trinajstić information content (AvgIpc) is 2.87. The topological polar surface area (TPSA) is 114 Å². The Balaban J connectivity index is 1.55. The second-order valence-corrected chi connectivity index (χ2v) is 9.47. The van der Waals surface area contributed by atoms with Crippen molar-refractivity contribution < 1.29 is 28.7 Å². The van der Waals surface area contributed by atoms with Crippen LogP contribution in [0.25, 0.3) is 6.08 Å². The molecule has 3 aromatic rings. The van der Waals surface area contributed by atoms with Crippen molar-refractivity contribution in [2.75, 3.05) is 23.9 Å². The van der Waals surface area contributed by atoms with Gasteiger partial charge in [0.2, 0.25) is 0 Å². The van der Waals surface area contributed by atoms with Crippen LogP contribution in [0.4, 0.5) is 16.2 Å². The molecule has 0 aromatic heterocycles. The zero-order valence-electron chi connectivity index (χ0n) is 20.2. The van der Waals surface area contributed by atoms with E-state index >= 15 is 0 Å². The number of amides is 5. The molecule has 1 aliphatic rings. The molecule has 11 heteroatoms. The summed E-state index contributed by atoms with van der Waals surface area (Å²) >= 11 is 9.40. The number of benzene rings is 3. The summed E-state index contributed by atoms with van der Waals surface area (Å²) in [6.07, 6.45) is 1.32. The van der Waals surface area contributed by atoms with Crippen LogP contribution in [0, 0.1) is 6.92 Å². The minimum absolute atomic E-state index is 0.213. The van der Waals surface area contributed by atoms with Gasteiger partial charge in [-0.1, -0.05) is 35.4 Å². The Labute approximate surface area is 231 Å². The molecule has 0 bridgehead atoms. The first-order chi connectivity index (χ1) is 18.2. The van der Waals surface area contributed by atoms with Gasteiger partial charge in [-0.25, -0.2) is 9.69 Å². The number of carbonyl (C=O) groups excluding carboxylic acids is 4. The first-order valence-electron chi connectivity index (χ1n) is 11.2. The van der Waals surface area contributed by atoms with E-state index in [2.05, 4.69) is 26.6 Å². The van der Waals surface area contributed by atoms with Crippen molar-refractivity contribution in [3.8, 4) is 11.5 Å². The smallest absolute Gasteiger partial charge is 0.335 e. The zero-order chi connectivity index (χ0) is 27.4. The SMILES string of the molecule is COc1cc(/C=C2\C(=O)NC(=O)N(c3cccc(Cl)c3)C2=O)cc(Br)c1OCC(=O)Nc1ccc(C)cc1. The molecule has 1 fully saturated rings. The Hall–Kier alpha value is -4.15. The van der Waals surface area contributed by atoms with Gasteiger partial charge in [-0.05, 0) is 77.0 Å². The third kappa shape index (κ3) is 6.04. The normalized spacial score (nSPS) is 14.4. The molecule has 0 saturated carbocycles. The number of nitrogens with zero attached hydrogens (tertiary/aromatic N) is 1. The number of rotatable bonds is 7. The number of halogens is 2. The fraction of sp³-hybridized carbons (Fsp3) is 0.111. The van der Waals surface area contributed by atoms with E-state index < -0.39 is 17.8 Å². The second kappa shape index (κ2) is 11.5. The molecule has 0 atom stereocenters. The maximum Gasteiger partial charge on any atom is 0.335 e. The number of barbiturate groups is 1. The number of carbonyl (C=O) groups is 4. The van der Waals surface area contributed by atoms with Crippen molar-refractivity contribution in [3.63, 3.8) is 0 Å². The monoisotopic (exact) mass is 597 g/mol. The van der Waals surface area contributed by atoms with Crippen molar-refractivity contribution in [2.45, 2.75) is 6.92 Å². The van der Waals surface area contributed by atoms with Crippen LogP contribution in [0.5, 0.6) is 11.5 Å². The van der Waals surface area contributed by atoms with Gasteiger partial charge < -0.3 is 14.8 Å². The molecule has 1 aliphatic heterocycles. The van der Waals surface area contributed by atoms with Gasteiger partial charge in [-0.3, -0.25) is 19.7 Å². The number of ether oxygens (including phenoxy) is 2. The fourth-order valence-electron chi connectivity index (χ4n) is 3.61. The van der Waals surface area contributed by atoms with Crippen LogP contribution < -0.4 is 25.0 Å². The lowest BCUT2D eigenvalue weighted by atomic mass is 10.1. The number of aryl methyl sites for hydroxylation is 1. The summed E-state index contributed by atoms with van der Waals surface area (Å²) < 4.78 is 11.5. The van der Waals surface area contributed by atoms with Crippen molar-refractivity contribution in [1.29, 1.82) is 0 Å². The van der Waals surface area contributed by atoms with E-state index in [1.165, 1.54) is 31.4 Å². The molecule has 9 nitrogen and oxygen atoms in total. The van der Waals surface area contributed by atoms with Crippen LogP contribution in [-0.2, 0) is 14.4 Å². The highest BCUT2D eigenvalue weighted by atomic mass is 79.9. The quantitative estimate of drug-likeness (QED) is 0.289. The summed E-state index contributed by atoms with van der Waals surface area (Å²) in [6, 6.07) is 15.7. The lowest BCUT2D eigenvalue weighted by molar-refractivity contribution is -0.122. The van der Waals surface area contributed by atoms with Crippen LogP contribution in [0.2, 0.25) is 5.02 Å². The van der Waals surface area contributed by atoms with Gasteiger partial charge in [0.15, 0.2) is 18.1 Å². The van der Waals surface area contributed by atoms with Gasteiger partial charge in [-0.2, -0.15) is 0 Å². The molecular formula is C27H21BrClN3O6. The molecule has 0 unspecified atom stereocenters. The van der Waals surface area contributed by atoms with Crippen molar-refractivity contribution in [1.82, 2.24) is 5.32 Å². The molecule has 3 aromatic carbocycles. The minimum atomic E-state index is -0.883. The Morgan fingerprint density at radius 2 is 1.84 bits per heavy atom. The molecular weight excluding hydrogens is 578 g/mol. The maximum absolute atomic E-state index is 13.1. The number of anilines is 2. The molecule has 1 heterocycles. The van der Waals surface area contributed by atoms with Crippen LogP contribution >= 0.6 is 27.5 Å². The van der Waals surface area contributed by atoms with E-state index in [1.54, 1.807) is 30.3 Å². The second-order valence-electron chi connectivity index (χ2n) is 8.17. The third-order valence-corrected chi connectivity index (χ3v) is 6.24. The highest BCUT2D eigenvalue weighted by molar-refractivity contribution is 9.10. The first-order valence-corrected chi connectivity index (χ1v) is 12.4. The van der Waals surface area contributed by atoms with E-state index in [9.17, 15) is 19.2 Å². The third-order valence-electron chi connectivity index (χ3n) is 5.41. The number of hydrogen-bond acceptors (Lipinski definition) is 6. The summed E-state index contributed by atoms with van der Waals surface area (Å²) in [4.78, 5) is 51.3. The largest absolute Gasteiger partial charge is 0.493 e. The Bertz CT molecular complexity index is 1470. The standard InChI is InChI=1S/C27H21BrClN3O6/c1-15-6-8-18(9-7-15)30-23(33)14-38-24-21(28)11-16(12-22(24)37-2)10-20-25(34)31-27(36)32(26(20)35)19-5-3-4-17(29)13-19/h3-13H,14H2,1-2H3,(H,30,33)(H,31,34,36)/b20-10+. The van der Waals surface area contributed by atoms with Crippen molar-refractivity contribution >= 4 is 68.7 Å². The highest BCUT2D eigenvalue weighted by Gasteiger charge is 2.37. The lowest BCUT2D eigenvalue weighted by Gasteiger charge is -2.26. The molecule has 1 saturated heterocycles. The summed E-state index contributed by atoms with van der Waals surface area (Å²) in [5.74, 6) is -1.53. The minimum Gasteiger partial charge on any atom is -0.493 e. The van der Waals surface area contributed by atoms with Crippen molar-refractivity contribution in [2.24, 2.45) is 0 Å². The van der Waals surface area contributed by atoms with E-state index in [0.717, 1.165) is 10.5 Å². The van der Waals surface area contributed by atoms with E-state index in [0.29, 0.717) is 20.7 Å². The Morgan fingerprint density at radius 1 is 1.11 bits per heavy atom. The molecule has 5 amide bonds. The van der Waals surface area contributed by atoms with Crippen molar-refractivity contribution in [3.05, 3.63) is 86.9 Å².